The second kappa shape index (κ2) is 4.40. The SMILES string of the molecule is Cn1cc(Cl)cc1C(=O)NCc1cnc[nH]1. The average molecular weight is 239 g/mol. The van der Waals surface area contributed by atoms with Crippen molar-refractivity contribution in [2.24, 2.45) is 7.05 Å². The Balaban J connectivity index is 2.01. The van der Waals surface area contributed by atoms with E-state index in [4.69, 9.17) is 11.6 Å². The standard InChI is InChI=1S/C10H11ClN4O/c1-15-5-7(11)2-9(15)10(16)13-4-8-3-12-6-14-8/h2-3,5-6H,4H2,1H3,(H,12,14)(H,13,16). The summed E-state index contributed by atoms with van der Waals surface area (Å²) in [5.41, 5.74) is 1.39. The number of carbonyl (C=O) groups excluding carboxylic acids is 1. The highest BCUT2D eigenvalue weighted by molar-refractivity contribution is 6.31. The maximum absolute atomic E-state index is 11.7. The quantitative estimate of drug-likeness (QED) is 0.848. The first-order chi connectivity index (χ1) is 7.66. The van der Waals surface area contributed by atoms with E-state index in [1.807, 2.05) is 0 Å². The van der Waals surface area contributed by atoms with E-state index in [-0.39, 0.29) is 5.91 Å². The van der Waals surface area contributed by atoms with Crippen LogP contribution >= 0.6 is 11.6 Å². The van der Waals surface area contributed by atoms with E-state index in [0.717, 1.165) is 5.69 Å². The number of rotatable bonds is 3. The lowest BCUT2D eigenvalue weighted by Crippen LogP contribution is -2.24. The summed E-state index contributed by atoms with van der Waals surface area (Å²) >= 11 is 5.79. The summed E-state index contributed by atoms with van der Waals surface area (Å²) in [7, 11) is 1.77. The van der Waals surface area contributed by atoms with Crippen LogP contribution in [0.5, 0.6) is 0 Å². The molecule has 0 bridgehead atoms. The van der Waals surface area contributed by atoms with Crippen molar-refractivity contribution in [3.63, 3.8) is 0 Å². The lowest BCUT2D eigenvalue weighted by molar-refractivity contribution is 0.0942. The molecular formula is C10H11ClN4O. The summed E-state index contributed by atoms with van der Waals surface area (Å²) in [5.74, 6) is -0.163. The summed E-state index contributed by atoms with van der Waals surface area (Å²) in [4.78, 5) is 18.5. The molecule has 0 aliphatic carbocycles. The van der Waals surface area contributed by atoms with E-state index >= 15 is 0 Å². The molecule has 0 spiro atoms. The van der Waals surface area contributed by atoms with E-state index < -0.39 is 0 Å². The molecule has 5 nitrogen and oxygen atoms in total. The minimum atomic E-state index is -0.163. The predicted molar refractivity (Wildman–Crippen MR) is 60.2 cm³/mol. The number of carbonyl (C=O) groups is 1. The number of nitrogens with one attached hydrogen (secondary N) is 2. The number of hydrogen-bond donors (Lipinski definition) is 2. The molecule has 0 aromatic carbocycles. The molecule has 16 heavy (non-hydrogen) atoms. The van der Waals surface area contributed by atoms with Crippen molar-refractivity contribution in [1.82, 2.24) is 19.9 Å². The van der Waals surface area contributed by atoms with Gasteiger partial charge in [0.15, 0.2) is 0 Å². The number of hydrogen-bond acceptors (Lipinski definition) is 2. The van der Waals surface area contributed by atoms with Crippen molar-refractivity contribution < 1.29 is 4.79 Å². The van der Waals surface area contributed by atoms with Gasteiger partial charge in [-0.1, -0.05) is 11.6 Å². The van der Waals surface area contributed by atoms with Crippen molar-refractivity contribution in [3.8, 4) is 0 Å². The Labute approximate surface area is 97.4 Å². The Morgan fingerprint density at radius 2 is 2.50 bits per heavy atom. The molecule has 1 amide bonds. The van der Waals surface area contributed by atoms with E-state index in [9.17, 15) is 4.79 Å². The Morgan fingerprint density at radius 1 is 1.69 bits per heavy atom. The molecule has 0 aliphatic rings. The van der Waals surface area contributed by atoms with Crippen molar-refractivity contribution >= 4 is 17.5 Å². The molecule has 2 aromatic rings. The van der Waals surface area contributed by atoms with Crippen LogP contribution in [0.2, 0.25) is 5.02 Å². The zero-order valence-electron chi connectivity index (χ0n) is 8.70. The summed E-state index contributed by atoms with van der Waals surface area (Å²) in [6.07, 6.45) is 4.92. The third-order valence-corrected chi connectivity index (χ3v) is 2.41. The van der Waals surface area contributed by atoms with Gasteiger partial charge in [-0.15, -0.1) is 0 Å². The molecule has 0 saturated heterocycles. The first-order valence-corrected chi connectivity index (χ1v) is 5.12. The van der Waals surface area contributed by atoms with Crippen molar-refractivity contribution in [2.75, 3.05) is 0 Å². The topological polar surface area (TPSA) is 62.7 Å². The zero-order valence-corrected chi connectivity index (χ0v) is 9.45. The van der Waals surface area contributed by atoms with Gasteiger partial charge in [-0.3, -0.25) is 4.79 Å². The van der Waals surface area contributed by atoms with Gasteiger partial charge in [0.25, 0.3) is 5.91 Å². The average Bonchev–Trinajstić information content (AvgIpc) is 2.84. The highest BCUT2D eigenvalue weighted by Gasteiger charge is 2.10. The minimum absolute atomic E-state index is 0.163. The second-order valence-electron chi connectivity index (χ2n) is 3.41. The normalized spacial score (nSPS) is 10.4. The number of imidazole rings is 1. The number of aromatic amines is 1. The number of amides is 1. The van der Waals surface area contributed by atoms with Crippen LogP contribution in [0.1, 0.15) is 16.2 Å². The van der Waals surface area contributed by atoms with E-state index in [1.54, 1.807) is 36.4 Å². The van der Waals surface area contributed by atoms with Crippen LogP contribution in [0, 0.1) is 0 Å². The van der Waals surface area contributed by atoms with Crippen LogP contribution in [-0.2, 0) is 13.6 Å². The van der Waals surface area contributed by atoms with Crippen LogP contribution < -0.4 is 5.32 Å². The molecule has 2 heterocycles. The summed E-state index contributed by atoms with van der Waals surface area (Å²) in [5, 5.41) is 3.32. The fourth-order valence-corrected chi connectivity index (χ4v) is 1.65. The van der Waals surface area contributed by atoms with Crippen molar-refractivity contribution in [2.45, 2.75) is 6.54 Å². The van der Waals surface area contributed by atoms with Crippen LogP contribution in [0.15, 0.2) is 24.8 Å². The number of H-pyrrole nitrogens is 1. The molecular weight excluding hydrogens is 228 g/mol. The fourth-order valence-electron chi connectivity index (χ4n) is 1.40. The zero-order chi connectivity index (χ0) is 11.5. The molecule has 0 unspecified atom stereocenters. The molecule has 2 N–H and O–H groups in total. The largest absolute Gasteiger partial charge is 0.347 e. The van der Waals surface area contributed by atoms with Gasteiger partial charge < -0.3 is 14.9 Å². The molecule has 0 atom stereocenters. The maximum atomic E-state index is 11.7. The van der Waals surface area contributed by atoms with Gasteiger partial charge in [-0.25, -0.2) is 4.98 Å². The van der Waals surface area contributed by atoms with Gasteiger partial charge in [0.1, 0.15) is 5.69 Å². The third kappa shape index (κ3) is 2.25. The molecule has 84 valence electrons. The first kappa shape index (κ1) is 10.8. The molecule has 2 aromatic heterocycles. The van der Waals surface area contributed by atoms with Gasteiger partial charge in [0.2, 0.25) is 0 Å². The van der Waals surface area contributed by atoms with E-state index in [1.165, 1.54) is 0 Å². The van der Waals surface area contributed by atoms with Crippen LogP contribution in [-0.4, -0.2) is 20.4 Å². The summed E-state index contributed by atoms with van der Waals surface area (Å²) in [6, 6.07) is 1.63. The molecule has 6 heteroatoms. The smallest absolute Gasteiger partial charge is 0.268 e. The van der Waals surface area contributed by atoms with E-state index in [0.29, 0.717) is 17.3 Å². The maximum Gasteiger partial charge on any atom is 0.268 e. The van der Waals surface area contributed by atoms with Gasteiger partial charge in [-0.05, 0) is 6.07 Å². The van der Waals surface area contributed by atoms with Crippen molar-refractivity contribution in [3.05, 3.63) is 41.2 Å². The van der Waals surface area contributed by atoms with E-state index in [2.05, 4.69) is 15.3 Å². The number of nitrogens with zero attached hydrogens (tertiary/aromatic N) is 2. The lowest BCUT2D eigenvalue weighted by atomic mass is 10.4. The van der Waals surface area contributed by atoms with Gasteiger partial charge in [0.05, 0.1) is 23.6 Å². The number of aromatic nitrogens is 3. The molecule has 0 saturated carbocycles. The minimum Gasteiger partial charge on any atom is -0.347 e. The number of halogens is 1. The van der Waals surface area contributed by atoms with Gasteiger partial charge in [-0.2, -0.15) is 0 Å². The Hall–Kier alpha value is -1.75. The van der Waals surface area contributed by atoms with Crippen LogP contribution in [0.25, 0.3) is 0 Å². The monoisotopic (exact) mass is 238 g/mol. The lowest BCUT2D eigenvalue weighted by Gasteiger charge is -2.04. The highest BCUT2D eigenvalue weighted by Crippen LogP contribution is 2.12. The number of aryl methyl sites for hydroxylation is 1. The Bertz CT molecular complexity index is 489. The molecule has 0 radical (unpaired) electrons. The van der Waals surface area contributed by atoms with Gasteiger partial charge >= 0.3 is 0 Å². The van der Waals surface area contributed by atoms with Crippen LogP contribution in [0.4, 0.5) is 0 Å². The molecule has 0 fully saturated rings. The molecule has 2 rings (SSSR count). The Kier molecular flexibility index (Phi) is 2.96. The first-order valence-electron chi connectivity index (χ1n) is 4.74. The van der Waals surface area contributed by atoms with Gasteiger partial charge in [0, 0.05) is 19.4 Å². The summed E-state index contributed by atoms with van der Waals surface area (Å²) < 4.78 is 1.69. The summed E-state index contributed by atoms with van der Waals surface area (Å²) in [6.45, 7) is 0.418. The van der Waals surface area contributed by atoms with Crippen molar-refractivity contribution in [1.29, 1.82) is 0 Å². The fraction of sp³-hybridized carbons (Fsp3) is 0.200. The Morgan fingerprint density at radius 3 is 3.06 bits per heavy atom. The third-order valence-electron chi connectivity index (χ3n) is 2.20. The predicted octanol–water partition coefficient (Wildman–Crippen LogP) is 1.33. The van der Waals surface area contributed by atoms with Crippen LogP contribution in [0.3, 0.4) is 0 Å². The second-order valence-corrected chi connectivity index (χ2v) is 3.85. The highest BCUT2D eigenvalue weighted by atomic mass is 35.5. The molecule has 0 aliphatic heterocycles.